The van der Waals surface area contributed by atoms with Gasteiger partial charge in [0.2, 0.25) is 0 Å². The van der Waals surface area contributed by atoms with Gasteiger partial charge < -0.3 is 15.2 Å². The maximum atomic E-state index is 13.0. The fourth-order valence-electron chi connectivity index (χ4n) is 2.39. The van der Waals surface area contributed by atoms with Gasteiger partial charge in [-0.3, -0.25) is 0 Å². The SMILES string of the molecule is OC(CNCc1ccc(F)c(F)c1)COC1CCCC1. The number of hydrogen-bond acceptors (Lipinski definition) is 3. The molecule has 0 amide bonds. The van der Waals surface area contributed by atoms with E-state index < -0.39 is 17.7 Å². The van der Waals surface area contributed by atoms with Gasteiger partial charge >= 0.3 is 0 Å². The van der Waals surface area contributed by atoms with E-state index in [1.54, 1.807) is 0 Å². The topological polar surface area (TPSA) is 41.5 Å². The van der Waals surface area contributed by atoms with Crippen molar-refractivity contribution in [2.45, 2.75) is 44.4 Å². The molecular formula is C15H21F2NO2. The molecule has 1 aromatic rings. The third kappa shape index (κ3) is 4.81. The van der Waals surface area contributed by atoms with Gasteiger partial charge in [0.25, 0.3) is 0 Å². The van der Waals surface area contributed by atoms with Gasteiger partial charge in [0, 0.05) is 13.1 Å². The first-order chi connectivity index (χ1) is 9.65. The summed E-state index contributed by atoms with van der Waals surface area (Å²) in [6, 6.07) is 3.78. The average Bonchev–Trinajstić information content (AvgIpc) is 2.94. The molecular weight excluding hydrogens is 264 g/mol. The van der Waals surface area contributed by atoms with Crippen LogP contribution in [0.3, 0.4) is 0 Å². The largest absolute Gasteiger partial charge is 0.389 e. The smallest absolute Gasteiger partial charge is 0.159 e. The van der Waals surface area contributed by atoms with Crippen LogP contribution in [0.5, 0.6) is 0 Å². The van der Waals surface area contributed by atoms with Crippen molar-refractivity contribution < 1.29 is 18.6 Å². The van der Waals surface area contributed by atoms with Crippen LogP contribution < -0.4 is 5.32 Å². The van der Waals surface area contributed by atoms with Crippen LogP contribution in [0.25, 0.3) is 0 Å². The van der Waals surface area contributed by atoms with Gasteiger partial charge in [-0.05, 0) is 30.5 Å². The van der Waals surface area contributed by atoms with Gasteiger partial charge in [-0.25, -0.2) is 8.78 Å². The Morgan fingerprint density at radius 1 is 1.25 bits per heavy atom. The first kappa shape index (κ1) is 15.4. The zero-order valence-corrected chi connectivity index (χ0v) is 11.4. The monoisotopic (exact) mass is 285 g/mol. The summed E-state index contributed by atoms with van der Waals surface area (Å²) in [6.45, 7) is 1.07. The van der Waals surface area contributed by atoms with Crippen molar-refractivity contribution in [2.75, 3.05) is 13.2 Å². The zero-order chi connectivity index (χ0) is 14.4. The Labute approximate surface area is 117 Å². The quantitative estimate of drug-likeness (QED) is 0.808. The molecule has 1 atom stereocenters. The van der Waals surface area contributed by atoms with Gasteiger partial charge in [0.05, 0.1) is 18.8 Å². The molecule has 0 spiro atoms. The van der Waals surface area contributed by atoms with E-state index in [1.807, 2.05) is 0 Å². The van der Waals surface area contributed by atoms with Crippen molar-refractivity contribution in [3.8, 4) is 0 Å². The molecule has 0 aromatic heterocycles. The number of aliphatic hydroxyl groups is 1. The molecule has 20 heavy (non-hydrogen) atoms. The molecule has 0 saturated heterocycles. The second-order valence-corrected chi connectivity index (χ2v) is 5.27. The van der Waals surface area contributed by atoms with E-state index in [2.05, 4.69) is 5.32 Å². The first-order valence-electron chi connectivity index (χ1n) is 7.09. The average molecular weight is 285 g/mol. The Morgan fingerprint density at radius 3 is 2.70 bits per heavy atom. The summed E-state index contributed by atoms with van der Waals surface area (Å²) in [5.74, 6) is -1.70. The molecule has 112 valence electrons. The summed E-state index contributed by atoms with van der Waals surface area (Å²) in [5, 5.41) is 12.8. The Kier molecular flexibility index (Phi) is 5.88. The number of ether oxygens (including phenoxy) is 1. The first-order valence-corrected chi connectivity index (χ1v) is 7.09. The third-order valence-electron chi connectivity index (χ3n) is 3.52. The fraction of sp³-hybridized carbons (Fsp3) is 0.600. The number of benzene rings is 1. The number of halogens is 2. The summed E-state index contributed by atoms with van der Waals surface area (Å²) < 4.78 is 31.3. The second-order valence-electron chi connectivity index (χ2n) is 5.27. The summed E-state index contributed by atoms with van der Waals surface area (Å²) in [6.07, 6.45) is 4.27. The van der Waals surface area contributed by atoms with Crippen molar-refractivity contribution >= 4 is 0 Å². The van der Waals surface area contributed by atoms with Crippen LogP contribution in [0.15, 0.2) is 18.2 Å². The summed E-state index contributed by atoms with van der Waals surface area (Å²) in [7, 11) is 0. The highest BCUT2D eigenvalue weighted by Crippen LogP contribution is 2.20. The van der Waals surface area contributed by atoms with Crippen molar-refractivity contribution in [3.05, 3.63) is 35.4 Å². The highest BCUT2D eigenvalue weighted by Gasteiger charge is 2.16. The van der Waals surface area contributed by atoms with E-state index in [4.69, 9.17) is 4.74 Å². The van der Waals surface area contributed by atoms with Gasteiger partial charge in [0.15, 0.2) is 11.6 Å². The van der Waals surface area contributed by atoms with Crippen LogP contribution in [-0.4, -0.2) is 30.5 Å². The summed E-state index contributed by atoms with van der Waals surface area (Å²) >= 11 is 0. The molecule has 5 heteroatoms. The number of hydrogen-bond donors (Lipinski definition) is 2. The maximum Gasteiger partial charge on any atom is 0.159 e. The van der Waals surface area contributed by atoms with Gasteiger partial charge in [0.1, 0.15) is 0 Å². The lowest BCUT2D eigenvalue weighted by molar-refractivity contribution is -0.00550. The molecule has 0 aliphatic heterocycles. The van der Waals surface area contributed by atoms with Crippen LogP contribution in [0.1, 0.15) is 31.2 Å². The lowest BCUT2D eigenvalue weighted by atomic mass is 10.2. The van der Waals surface area contributed by atoms with Crippen LogP contribution in [0.2, 0.25) is 0 Å². The van der Waals surface area contributed by atoms with Crippen LogP contribution >= 0.6 is 0 Å². The molecule has 0 radical (unpaired) electrons. The zero-order valence-electron chi connectivity index (χ0n) is 11.4. The highest BCUT2D eigenvalue weighted by atomic mass is 19.2. The molecule has 0 bridgehead atoms. The molecule has 2 N–H and O–H groups in total. The minimum atomic E-state index is -0.852. The Morgan fingerprint density at radius 2 is 2.00 bits per heavy atom. The standard InChI is InChI=1S/C15H21F2NO2/c16-14-6-5-11(7-15(14)17)8-18-9-12(19)10-20-13-3-1-2-4-13/h5-7,12-13,18-19H,1-4,8-10H2. The molecule has 0 heterocycles. The fourth-order valence-corrected chi connectivity index (χ4v) is 2.39. The van der Waals surface area contributed by atoms with E-state index in [9.17, 15) is 13.9 Å². The third-order valence-corrected chi connectivity index (χ3v) is 3.52. The normalized spacial score (nSPS) is 17.6. The Bertz CT molecular complexity index is 422. The van der Waals surface area contributed by atoms with E-state index in [0.717, 1.165) is 25.0 Å². The van der Waals surface area contributed by atoms with Crippen LogP contribution in [0.4, 0.5) is 8.78 Å². The molecule has 1 fully saturated rings. The predicted molar refractivity (Wildman–Crippen MR) is 72.3 cm³/mol. The molecule has 3 nitrogen and oxygen atoms in total. The minimum Gasteiger partial charge on any atom is -0.389 e. The van der Waals surface area contributed by atoms with Gasteiger partial charge in [-0.15, -0.1) is 0 Å². The van der Waals surface area contributed by atoms with E-state index in [0.29, 0.717) is 25.3 Å². The number of rotatable bonds is 7. The lowest BCUT2D eigenvalue weighted by Gasteiger charge is -2.16. The molecule has 1 saturated carbocycles. The lowest BCUT2D eigenvalue weighted by Crippen LogP contribution is -2.31. The number of nitrogens with one attached hydrogen (secondary N) is 1. The highest BCUT2D eigenvalue weighted by molar-refractivity contribution is 5.17. The Hall–Kier alpha value is -1.04. The van der Waals surface area contributed by atoms with Crippen molar-refractivity contribution in [2.24, 2.45) is 0 Å². The molecule has 1 aromatic carbocycles. The van der Waals surface area contributed by atoms with E-state index in [1.165, 1.54) is 18.9 Å². The van der Waals surface area contributed by atoms with Crippen molar-refractivity contribution in [1.82, 2.24) is 5.32 Å². The maximum absolute atomic E-state index is 13.0. The van der Waals surface area contributed by atoms with Gasteiger partial charge in [-0.2, -0.15) is 0 Å². The van der Waals surface area contributed by atoms with Gasteiger partial charge in [-0.1, -0.05) is 18.9 Å². The molecule has 1 aliphatic rings. The van der Waals surface area contributed by atoms with Crippen LogP contribution in [-0.2, 0) is 11.3 Å². The van der Waals surface area contributed by atoms with E-state index in [-0.39, 0.29) is 6.10 Å². The Balaban J connectivity index is 1.62. The summed E-state index contributed by atoms with van der Waals surface area (Å²) in [4.78, 5) is 0. The molecule has 2 rings (SSSR count). The van der Waals surface area contributed by atoms with Crippen molar-refractivity contribution in [3.63, 3.8) is 0 Å². The second kappa shape index (κ2) is 7.67. The number of aliphatic hydroxyl groups excluding tert-OH is 1. The molecule has 1 unspecified atom stereocenters. The summed E-state index contributed by atoms with van der Waals surface area (Å²) in [5.41, 5.74) is 0.646. The van der Waals surface area contributed by atoms with E-state index >= 15 is 0 Å². The van der Waals surface area contributed by atoms with Crippen molar-refractivity contribution in [1.29, 1.82) is 0 Å². The minimum absolute atomic E-state index is 0.288. The molecule has 1 aliphatic carbocycles. The predicted octanol–water partition coefficient (Wildman–Crippen LogP) is 2.37. The van der Waals surface area contributed by atoms with Crippen LogP contribution in [0, 0.1) is 11.6 Å².